The maximum absolute atomic E-state index is 12.6. The van der Waals surface area contributed by atoms with E-state index in [9.17, 15) is 9.59 Å². The molecule has 1 fully saturated rings. The van der Waals surface area contributed by atoms with E-state index < -0.39 is 0 Å². The topological polar surface area (TPSA) is 61.9 Å². The van der Waals surface area contributed by atoms with Crippen molar-refractivity contribution in [1.82, 2.24) is 4.90 Å². The number of anilines is 2. The number of ether oxygens (including phenoxy) is 1. The summed E-state index contributed by atoms with van der Waals surface area (Å²) in [6.07, 6.45) is 0.608. The summed E-state index contributed by atoms with van der Waals surface area (Å²) in [6.45, 7) is 7.25. The Labute approximate surface area is 186 Å². The molecule has 0 bridgehead atoms. The highest BCUT2D eigenvalue weighted by molar-refractivity contribution is 9.10. The second kappa shape index (κ2) is 9.98. The van der Waals surface area contributed by atoms with Gasteiger partial charge >= 0.3 is 0 Å². The Kier molecular flexibility index (Phi) is 7.37. The molecule has 0 aromatic heterocycles. The van der Waals surface area contributed by atoms with Gasteiger partial charge in [-0.25, -0.2) is 0 Å². The molecule has 1 aliphatic rings. The van der Waals surface area contributed by atoms with Gasteiger partial charge in [0.05, 0.1) is 12.7 Å². The van der Waals surface area contributed by atoms with Gasteiger partial charge in [0, 0.05) is 48.4 Å². The molecule has 1 aliphatic heterocycles. The summed E-state index contributed by atoms with van der Waals surface area (Å²) in [5.41, 5.74) is 2.28. The van der Waals surface area contributed by atoms with Gasteiger partial charge in [0.1, 0.15) is 5.75 Å². The predicted molar refractivity (Wildman–Crippen MR) is 123 cm³/mol. The Bertz CT molecular complexity index is 891. The highest BCUT2D eigenvalue weighted by Gasteiger charge is 2.21. The van der Waals surface area contributed by atoms with Gasteiger partial charge in [-0.05, 0) is 48.4 Å². The minimum absolute atomic E-state index is 0.224. The molecule has 3 rings (SSSR count). The van der Waals surface area contributed by atoms with Crippen molar-refractivity contribution in [3.05, 3.63) is 52.5 Å². The molecule has 6 nitrogen and oxygen atoms in total. The Hall–Kier alpha value is -2.54. The lowest BCUT2D eigenvalue weighted by Crippen LogP contribution is -2.49. The van der Waals surface area contributed by atoms with Crippen LogP contribution in [0.2, 0.25) is 0 Å². The van der Waals surface area contributed by atoms with Crippen LogP contribution >= 0.6 is 15.9 Å². The number of carbonyl (C=O) groups excluding carboxylic acids is 2. The van der Waals surface area contributed by atoms with Gasteiger partial charge < -0.3 is 19.9 Å². The van der Waals surface area contributed by atoms with Crippen LogP contribution in [0.4, 0.5) is 11.4 Å². The van der Waals surface area contributed by atoms with Crippen molar-refractivity contribution < 1.29 is 14.3 Å². The normalized spacial score (nSPS) is 14.0. The number of carbonyl (C=O) groups is 2. The number of nitrogens with zero attached hydrogens (tertiary/aromatic N) is 2. The van der Waals surface area contributed by atoms with Crippen LogP contribution in [-0.2, 0) is 4.79 Å². The lowest BCUT2D eigenvalue weighted by molar-refractivity contribution is -0.132. The number of nitrogens with one attached hydrogen (secondary N) is 1. The summed E-state index contributed by atoms with van der Waals surface area (Å²) in [7, 11) is 1.55. The van der Waals surface area contributed by atoms with Crippen LogP contribution in [0.5, 0.6) is 5.75 Å². The highest BCUT2D eigenvalue weighted by atomic mass is 79.9. The number of piperazine rings is 1. The van der Waals surface area contributed by atoms with Gasteiger partial charge in [-0.3, -0.25) is 9.59 Å². The molecule has 2 aromatic carbocycles. The molecule has 0 saturated carbocycles. The Morgan fingerprint density at radius 2 is 1.73 bits per heavy atom. The highest BCUT2D eigenvalue weighted by Crippen LogP contribution is 2.25. The van der Waals surface area contributed by atoms with E-state index in [-0.39, 0.29) is 11.8 Å². The Morgan fingerprint density at radius 3 is 2.33 bits per heavy atom. The SMILES string of the molecule is COc1ccc(Br)cc1C(=O)Nc1ccc(N2CCN(C(=O)CC(C)C)CC2)cc1. The molecule has 0 spiro atoms. The van der Waals surface area contributed by atoms with Crippen LogP contribution in [0.1, 0.15) is 30.6 Å². The molecule has 0 atom stereocenters. The number of amides is 2. The van der Waals surface area contributed by atoms with E-state index in [1.165, 1.54) is 0 Å². The van der Waals surface area contributed by atoms with Gasteiger partial charge in [-0.1, -0.05) is 29.8 Å². The average Bonchev–Trinajstić information content (AvgIpc) is 2.74. The first kappa shape index (κ1) is 22.2. The molecule has 0 radical (unpaired) electrons. The average molecular weight is 474 g/mol. The van der Waals surface area contributed by atoms with Gasteiger partial charge in [-0.15, -0.1) is 0 Å². The van der Waals surface area contributed by atoms with E-state index in [4.69, 9.17) is 4.74 Å². The predicted octanol–water partition coefficient (Wildman–Crippen LogP) is 4.40. The summed E-state index contributed by atoms with van der Waals surface area (Å²) < 4.78 is 6.10. The zero-order valence-corrected chi connectivity index (χ0v) is 19.2. The number of halogens is 1. The number of methoxy groups -OCH3 is 1. The Balaban J connectivity index is 1.59. The molecule has 0 aliphatic carbocycles. The molecule has 7 heteroatoms. The maximum atomic E-state index is 12.6. The standard InChI is InChI=1S/C23H28BrN3O3/c1-16(2)14-22(28)27-12-10-26(11-13-27)19-7-5-18(6-8-19)25-23(29)20-15-17(24)4-9-21(20)30-3/h4-9,15-16H,10-14H2,1-3H3,(H,25,29). The van der Waals surface area contributed by atoms with E-state index in [1.54, 1.807) is 19.2 Å². The summed E-state index contributed by atoms with van der Waals surface area (Å²) in [5, 5.41) is 2.92. The van der Waals surface area contributed by atoms with Crippen molar-refractivity contribution in [1.29, 1.82) is 0 Å². The number of hydrogen-bond donors (Lipinski definition) is 1. The summed E-state index contributed by atoms with van der Waals surface area (Å²) in [5.74, 6) is 0.927. The zero-order chi connectivity index (χ0) is 21.7. The van der Waals surface area contributed by atoms with Crippen LogP contribution < -0.4 is 15.0 Å². The van der Waals surface area contributed by atoms with Crippen molar-refractivity contribution in [3.63, 3.8) is 0 Å². The van der Waals surface area contributed by atoms with Gasteiger partial charge in [0.15, 0.2) is 0 Å². The maximum Gasteiger partial charge on any atom is 0.259 e. The van der Waals surface area contributed by atoms with Gasteiger partial charge in [0.25, 0.3) is 5.91 Å². The number of rotatable bonds is 6. The summed E-state index contributed by atoms with van der Waals surface area (Å²) in [6, 6.07) is 13.1. The van der Waals surface area contributed by atoms with Crippen LogP contribution in [0.3, 0.4) is 0 Å². The molecule has 160 valence electrons. The fourth-order valence-corrected chi connectivity index (χ4v) is 3.87. The third-order valence-corrected chi connectivity index (χ3v) is 5.60. The fourth-order valence-electron chi connectivity index (χ4n) is 3.50. The Morgan fingerprint density at radius 1 is 1.07 bits per heavy atom. The van der Waals surface area contributed by atoms with Crippen LogP contribution in [-0.4, -0.2) is 50.0 Å². The van der Waals surface area contributed by atoms with E-state index in [0.717, 1.165) is 42.0 Å². The number of hydrogen-bond acceptors (Lipinski definition) is 4. The second-order valence-corrected chi connectivity index (χ2v) is 8.73. The van der Waals surface area contributed by atoms with E-state index in [2.05, 4.69) is 40.0 Å². The van der Waals surface area contributed by atoms with Gasteiger partial charge in [0.2, 0.25) is 5.91 Å². The van der Waals surface area contributed by atoms with Crippen molar-refractivity contribution in [2.75, 3.05) is 43.5 Å². The molecule has 0 unspecified atom stereocenters. The third-order valence-electron chi connectivity index (χ3n) is 5.11. The molecule has 30 heavy (non-hydrogen) atoms. The lowest BCUT2D eigenvalue weighted by Gasteiger charge is -2.36. The molecule has 1 saturated heterocycles. The molecule has 1 N–H and O–H groups in total. The minimum atomic E-state index is -0.224. The molecule has 2 aromatic rings. The second-order valence-electron chi connectivity index (χ2n) is 7.81. The monoisotopic (exact) mass is 473 g/mol. The van der Waals surface area contributed by atoms with Crippen molar-refractivity contribution >= 4 is 39.1 Å². The molecule has 1 heterocycles. The molecular weight excluding hydrogens is 446 g/mol. The number of benzene rings is 2. The lowest BCUT2D eigenvalue weighted by atomic mass is 10.1. The van der Waals surface area contributed by atoms with Crippen molar-refractivity contribution in [2.24, 2.45) is 5.92 Å². The first-order chi connectivity index (χ1) is 14.4. The first-order valence-corrected chi connectivity index (χ1v) is 10.9. The first-order valence-electron chi connectivity index (χ1n) is 10.1. The van der Waals surface area contributed by atoms with Crippen LogP contribution in [0, 0.1) is 5.92 Å². The molecular formula is C23H28BrN3O3. The van der Waals surface area contributed by atoms with Crippen molar-refractivity contribution in [3.8, 4) is 5.75 Å². The van der Waals surface area contributed by atoms with E-state index >= 15 is 0 Å². The summed E-state index contributed by atoms with van der Waals surface area (Å²) >= 11 is 3.39. The van der Waals surface area contributed by atoms with Gasteiger partial charge in [-0.2, -0.15) is 0 Å². The third kappa shape index (κ3) is 5.53. The van der Waals surface area contributed by atoms with Crippen LogP contribution in [0.15, 0.2) is 46.9 Å². The zero-order valence-electron chi connectivity index (χ0n) is 17.7. The summed E-state index contributed by atoms with van der Waals surface area (Å²) in [4.78, 5) is 29.1. The largest absolute Gasteiger partial charge is 0.496 e. The van der Waals surface area contributed by atoms with E-state index in [0.29, 0.717) is 23.7 Å². The van der Waals surface area contributed by atoms with E-state index in [1.807, 2.05) is 35.2 Å². The molecule has 2 amide bonds. The van der Waals surface area contributed by atoms with Crippen LogP contribution in [0.25, 0.3) is 0 Å². The quantitative estimate of drug-likeness (QED) is 0.674. The minimum Gasteiger partial charge on any atom is -0.496 e. The smallest absolute Gasteiger partial charge is 0.259 e. The van der Waals surface area contributed by atoms with Crippen molar-refractivity contribution in [2.45, 2.75) is 20.3 Å². The fraction of sp³-hybridized carbons (Fsp3) is 0.391.